The summed E-state index contributed by atoms with van der Waals surface area (Å²) < 4.78 is 4.88. The van der Waals surface area contributed by atoms with Crippen LogP contribution in [0.15, 0.2) is 35.0 Å². The molecule has 0 aliphatic carbocycles. The van der Waals surface area contributed by atoms with Crippen molar-refractivity contribution in [2.45, 2.75) is 13.0 Å². The summed E-state index contributed by atoms with van der Waals surface area (Å²) in [6.45, 7) is 1.45. The quantitative estimate of drug-likeness (QED) is 0.719. The van der Waals surface area contributed by atoms with Crippen molar-refractivity contribution >= 4 is 5.78 Å². The highest BCUT2D eigenvalue weighted by Crippen LogP contribution is 2.16. The minimum absolute atomic E-state index is 0.00292. The number of ketones is 1. The third-order valence-corrected chi connectivity index (χ3v) is 1.98. The normalized spacial score (nSPS) is 19.4. The third-order valence-electron chi connectivity index (χ3n) is 1.98. The number of carbonyl (C=O) groups excluding carboxylic acids is 1. The molecule has 0 saturated carbocycles. The highest BCUT2D eigenvalue weighted by Gasteiger charge is 2.15. The fraction of sp³-hybridized carbons (Fsp3) is 0.200. The van der Waals surface area contributed by atoms with Crippen molar-refractivity contribution in [1.82, 2.24) is 10.5 Å². The molecule has 1 aliphatic heterocycles. The molecule has 72 valence electrons. The lowest BCUT2D eigenvalue weighted by atomic mass is 10.1. The highest BCUT2D eigenvalue weighted by molar-refractivity contribution is 5.91. The van der Waals surface area contributed by atoms with E-state index in [0.717, 1.165) is 5.69 Å². The third kappa shape index (κ3) is 1.59. The zero-order valence-corrected chi connectivity index (χ0v) is 7.73. The zero-order chi connectivity index (χ0) is 9.97. The van der Waals surface area contributed by atoms with Gasteiger partial charge in [-0.05, 0) is 12.3 Å². The zero-order valence-electron chi connectivity index (χ0n) is 7.73. The van der Waals surface area contributed by atoms with Crippen LogP contribution in [0.3, 0.4) is 0 Å². The molecule has 1 atom stereocenters. The number of Topliss-reactive ketones (excluding diaryl/α,β-unsaturated/α-hetero) is 1. The van der Waals surface area contributed by atoms with Crippen LogP contribution in [0, 0.1) is 0 Å². The smallest absolute Gasteiger partial charge is 0.202 e. The van der Waals surface area contributed by atoms with E-state index in [0.29, 0.717) is 5.76 Å². The predicted octanol–water partition coefficient (Wildman–Crippen LogP) is 1.59. The van der Waals surface area contributed by atoms with Crippen LogP contribution in [0.1, 0.15) is 29.2 Å². The first-order valence-electron chi connectivity index (χ1n) is 4.34. The van der Waals surface area contributed by atoms with Gasteiger partial charge in [-0.2, -0.15) is 0 Å². The second kappa shape index (κ2) is 3.49. The molecule has 4 nitrogen and oxygen atoms in total. The number of aromatic nitrogens is 1. The number of nitrogens with zero attached hydrogens (tertiary/aromatic N) is 1. The van der Waals surface area contributed by atoms with Gasteiger partial charge >= 0.3 is 0 Å². The molecule has 0 saturated heterocycles. The summed E-state index contributed by atoms with van der Waals surface area (Å²) in [6.07, 6.45) is 7.58. The first-order chi connectivity index (χ1) is 6.77. The van der Waals surface area contributed by atoms with Crippen LogP contribution in [0.5, 0.6) is 0 Å². The molecule has 0 fully saturated rings. The average molecular weight is 190 g/mol. The Morgan fingerprint density at radius 1 is 1.57 bits per heavy atom. The number of rotatable bonds is 2. The van der Waals surface area contributed by atoms with Gasteiger partial charge in [0.25, 0.3) is 0 Å². The van der Waals surface area contributed by atoms with Crippen molar-refractivity contribution in [2.75, 3.05) is 0 Å². The van der Waals surface area contributed by atoms with E-state index in [9.17, 15) is 4.79 Å². The van der Waals surface area contributed by atoms with Gasteiger partial charge in [0.05, 0.1) is 6.04 Å². The van der Waals surface area contributed by atoms with Crippen LogP contribution >= 0.6 is 0 Å². The lowest BCUT2D eigenvalue weighted by Crippen LogP contribution is -2.15. The van der Waals surface area contributed by atoms with Crippen molar-refractivity contribution < 1.29 is 9.32 Å². The van der Waals surface area contributed by atoms with Crippen molar-refractivity contribution in [1.29, 1.82) is 0 Å². The molecule has 2 rings (SSSR count). The Hall–Kier alpha value is -1.84. The Kier molecular flexibility index (Phi) is 2.18. The minimum Gasteiger partial charge on any atom is -0.379 e. The lowest BCUT2D eigenvalue weighted by molar-refractivity contribution is 0.0978. The Morgan fingerprint density at radius 2 is 2.43 bits per heavy atom. The van der Waals surface area contributed by atoms with Gasteiger partial charge in [0.1, 0.15) is 5.69 Å². The maximum absolute atomic E-state index is 11.0. The Labute approximate surface area is 81.3 Å². The molecule has 0 bridgehead atoms. The van der Waals surface area contributed by atoms with Crippen molar-refractivity contribution in [3.8, 4) is 0 Å². The number of hydrogen-bond acceptors (Lipinski definition) is 4. The van der Waals surface area contributed by atoms with Gasteiger partial charge in [0.15, 0.2) is 5.78 Å². The van der Waals surface area contributed by atoms with E-state index in [1.54, 1.807) is 6.07 Å². The summed E-state index contributed by atoms with van der Waals surface area (Å²) in [5.74, 6) is 0.184. The molecule has 4 heteroatoms. The second-order valence-electron chi connectivity index (χ2n) is 3.06. The van der Waals surface area contributed by atoms with Gasteiger partial charge in [-0.25, -0.2) is 0 Å². The maximum Gasteiger partial charge on any atom is 0.202 e. The number of nitrogens with one attached hydrogen (secondary N) is 1. The summed E-state index contributed by atoms with van der Waals surface area (Å²) >= 11 is 0. The molecule has 0 aromatic carbocycles. The molecule has 1 aliphatic rings. The molecule has 14 heavy (non-hydrogen) atoms. The fourth-order valence-electron chi connectivity index (χ4n) is 1.23. The van der Waals surface area contributed by atoms with Crippen LogP contribution in [0.4, 0.5) is 0 Å². The van der Waals surface area contributed by atoms with E-state index in [2.05, 4.69) is 10.5 Å². The van der Waals surface area contributed by atoms with Crippen LogP contribution in [0.2, 0.25) is 0 Å². The Balaban J connectivity index is 2.20. The molecule has 1 N–H and O–H groups in total. The van der Waals surface area contributed by atoms with Crippen molar-refractivity contribution in [3.05, 3.63) is 41.9 Å². The van der Waals surface area contributed by atoms with Gasteiger partial charge < -0.3 is 9.84 Å². The number of allylic oxidation sites excluding steroid dienone is 2. The maximum atomic E-state index is 11.0. The summed E-state index contributed by atoms with van der Waals surface area (Å²) in [5.41, 5.74) is 0.718. The van der Waals surface area contributed by atoms with E-state index >= 15 is 0 Å². The van der Waals surface area contributed by atoms with Crippen LogP contribution in [-0.4, -0.2) is 10.9 Å². The molecule has 1 unspecified atom stereocenters. The lowest BCUT2D eigenvalue weighted by Gasteiger charge is -2.11. The van der Waals surface area contributed by atoms with Gasteiger partial charge in [0.2, 0.25) is 5.76 Å². The molecule has 0 spiro atoms. The van der Waals surface area contributed by atoms with E-state index in [-0.39, 0.29) is 11.8 Å². The van der Waals surface area contributed by atoms with E-state index < -0.39 is 0 Å². The molecule has 0 amide bonds. The Morgan fingerprint density at radius 3 is 3.00 bits per heavy atom. The molecular weight excluding hydrogens is 180 g/mol. The monoisotopic (exact) mass is 190 g/mol. The summed E-state index contributed by atoms with van der Waals surface area (Å²) in [6, 6.07) is 1.65. The molecule has 1 aromatic rings. The van der Waals surface area contributed by atoms with E-state index in [4.69, 9.17) is 4.52 Å². The first-order valence-corrected chi connectivity index (χ1v) is 4.34. The van der Waals surface area contributed by atoms with E-state index in [1.165, 1.54) is 6.92 Å². The summed E-state index contributed by atoms with van der Waals surface area (Å²) in [5, 5.41) is 6.90. The minimum atomic E-state index is -0.112. The van der Waals surface area contributed by atoms with Crippen LogP contribution < -0.4 is 5.32 Å². The van der Waals surface area contributed by atoms with Crippen molar-refractivity contribution in [2.24, 2.45) is 0 Å². The standard InChI is InChI=1S/C10H10N2O2/c1-7(13)10-6-9(12-14-10)8-4-2-3-5-11-8/h2-6,8,11H,1H3. The van der Waals surface area contributed by atoms with Gasteiger partial charge in [0, 0.05) is 13.0 Å². The molecular formula is C10H10N2O2. The second-order valence-corrected chi connectivity index (χ2v) is 3.06. The van der Waals surface area contributed by atoms with Crippen LogP contribution in [0.25, 0.3) is 0 Å². The molecule has 0 radical (unpaired) electrons. The topological polar surface area (TPSA) is 55.1 Å². The van der Waals surface area contributed by atoms with E-state index in [1.807, 2.05) is 24.4 Å². The van der Waals surface area contributed by atoms with Gasteiger partial charge in [-0.3, -0.25) is 4.79 Å². The summed E-state index contributed by atoms with van der Waals surface area (Å²) in [4.78, 5) is 11.0. The van der Waals surface area contributed by atoms with Crippen LogP contribution in [-0.2, 0) is 0 Å². The first kappa shape index (κ1) is 8.74. The number of carbonyl (C=O) groups is 1. The molecule has 2 heterocycles. The molecule has 1 aromatic heterocycles. The average Bonchev–Trinajstić information content (AvgIpc) is 2.68. The number of hydrogen-bond donors (Lipinski definition) is 1. The van der Waals surface area contributed by atoms with Crippen molar-refractivity contribution in [3.63, 3.8) is 0 Å². The SMILES string of the molecule is CC(=O)c1cc(C2C=CC=CN2)no1. The predicted molar refractivity (Wildman–Crippen MR) is 50.7 cm³/mol. The van der Waals surface area contributed by atoms with Gasteiger partial charge in [-0.15, -0.1) is 0 Å². The number of dihydropyridines is 1. The summed E-state index contributed by atoms with van der Waals surface area (Å²) in [7, 11) is 0. The largest absolute Gasteiger partial charge is 0.379 e. The van der Waals surface area contributed by atoms with Gasteiger partial charge in [-0.1, -0.05) is 17.3 Å². The fourth-order valence-corrected chi connectivity index (χ4v) is 1.23. The highest BCUT2D eigenvalue weighted by atomic mass is 16.5. The Bertz CT molecular complexity index is 404.